The van der Waals surface area contributed by atoms with Crippen molar-refractivity contribution in [2.24, 2.45) is 0 Å². The molecule has 2 aliphatic heterocycles. The van der Waals surface area contributed by atoms with Crippen LogP contribution in [-0.4, -0.2) is 31.2 Å². The molecule has 0 aliphatic carbocycles. The molecule has 11 heavy (non-hydrogen) atoms. The van der Waals surface area contributed by atoms with Crippen LogP contribution in [0.1, 0.15) is 12.8 Å². The van der Waals surface area contributed by atoms with Gasteiger partial charge in [-0.15, -0.1) is 0 Å². The molecule has 2 rings (SSSR count). The number of carbonyl (C=O) groups excluding carboxylic acids is 1. The summed E-state index contributed by atoms with van der Waals surface area (Å²) in [6.07, 6.45) is 2.12. The Hall–Kier alpha value is -0.770. The van der Waals surface area contributed by atoms with E-state index in [1.54, 1.807) is 0 Å². The Labute approximate surface area is 65.7 Å². The summed E-state index contributed by atoms with van der Waals surface area (Å²) < 4.78 is 0. The van der Waals surface area contributed by atoms with Crippen molar-refractivity contribution in [3.05, 3.63) is 0 Å². The smallest absolute Gasteiger partial charge is 0.315 e. The van der Waals surface area contributed by atoms with Gasteiger partial charge in [-0.3, -0.25) is 0 Å². The summed E-state index contributed by atoms with van der Waals surface area (Å²) in [6, 6.07) is -0.0139. The maximum Gasteiger partial charge on any atom is 0.315 e. The molecule has 2 saturated heterocycles. The molecule has 1 atom stereocenters. The minimum absolute atomic E-state index is 0.0139. The summed E-state index contributed by atoms with van der Waals surface area (Å²) in [5.41, 5.74) is 0.0718. The van der Waals surface area contributed by atoms with Crippen LogP contribution >= 0.6 is 0 Å². The highest BCUT2D eigenvalue weighted by Crippen LogP contribution is 2.20. The molecule has 0 unspecified atom stereocenters. The van der Waals surface area contributed by atoms with Gasteiger partial charge in [0.2, 0.25) is 0 Å². The Balaban J connectivity index is 2.05. The van der Waals surface area contributed by atoms with Gasteiger partial charge in [-0.05, 0) is 19.4 Å². The molecular formula is C7H13N3O. The normalized spacial score (nSPS) is 36.9. The second kappa shape index (κ2) is 2.37. The summed E-state index contributed by atoms with van der Waals surface area (Å²) in [4.78, 5) is 11.0. The van der Waals surface area contributed by atoms with E-state index in [-0.39, 0.29) is 11.6 Å². The van der Waals surface area contributed by atoms with Crippen molar-refractivity contribution in [2.75, 3.05) is 19.6 Å². The first kappa shape index (κ1) is 6.91. The molecule has 2 aliphatic rings. The summed E-state index contributed by atoms with van der Waals surface area (Å²) >= 11 is 0. The van der Waals surface area contributed by atoms with E-state index in [4.69, 9.17) is 0 Å². The zero-order valence-electron chi connectivity index (χ0n) is 6.44. The summed E-state index contributed by atoms with van der Waals surface area (Å²) in [7, 11) is 0. The van der Waals surface area contributed by atoms with Crippen molar-refractivity contribution in [1.82, 2.24) is 16.0 Å². The lowest BCUT2D eigenvalue weighted by molar-refractivity contribution is 0.211. The maximum absolute atomic E-state index is 11.0. The van der Waals surface area contributed by atoms with Gasteiger partial charge in [0, 0.05) is 13.1 Å². The van der Waals surface area contributed by atoms with E-state index in [1.807, 2.05) is 0 Å². The average Bonchev–Trinajstić information content (AvgIpc) is 2.37. The fourth-order valence-electron chi connectivity index (χ4n) is 1.83. The number of hydrogen-bond acceptors (Lipinski definition) is 2. The van der Waals surface area contributed by atoms with E-state index >= 15 is 0 Å². The largest absolute Gasteiger partial charge is 0.338 e. The van der Waals surface area contributed by atoms with Crippen LogP contribution in [0.2, 0.25) is 0 Å². The average molecular weight is 155 g/mol. The molecule has 0 aromatic rings. The molecule has 4 heteroatoms. The molecule has 62 valence electrons. The molecular weight excluding hydrogens is 142 g/mol. The van der Waals surface area contributed by atoms with E-state index in [1.165, 1.54) is 0 Å². The van der Waals surface area contributed by atoms with Gasteiger partial charge >= 0.3 is 6.03 Å². The first-order valence-electron chi connectivity index (χ1n) is 4.08. The second-order valence-electron chi connectivity index (χ2n) is 3.34. The van der Waals surface area contributed by atoms with Gasteiger partial charge in [0.25, 0.3) is 0 Å². The summed E-state index contributed by atoms with van der Waals surface area (Å²) in [6.45, 7) is 2.77. The minimum atomic E-state index is -0.0139. The molecule has 0 saturated carbocycles. The first-order chi connectivity index (χ1) is 5.31. The number of amides is 2. The molecule has 0 bridgehead atoms. The fourth-order valence-corrected chi connectivity index (χ4v) is 1.83. The van der Waals surface area contributed by atoms with E-state index in [0.29, 0.717) is 0 Å². The monoisotopic (exact) mass is 155 g/mol. The molecule has 2 amide bonds. The van der Waals surface area contributed by atoms with Gasteiger partial charge in [-0.1, -0.05) is 0 Å². The first-order valence-corrected chi connectivity index (χ1v) is 4.08. The lowest BCUT2D eigenvalue weighted by Crippen LogP contribution is -2.59. The van der Waals surface area contributed by atoms with Crippen LogP contribution < -0.4 is 16.0 Å². The van der Waals surface area contributed by atoms with Crippen molar-refractivity contribution in [2.45, 2.75) is 18.4 Å². The van der Waals surface area contributed by atoms with Crippen LogP contribution in [-0.2, 0) is 0 Å². The SMILES string of the molecule is O=C1NCC[C@@]2(CCNC2)N1. The quantitative estimate of drug-likeness (QED) is 0.438. The lowest BCUT2D eigenvalue weighted by atomic mass is 9.93. The predicted molar refractivity (Wildman–Crippen MR) is 41.4 cm³/mol. The van der Waals surface area contributed by atoms with Crippen LogP contribution in [0.3, 0.4) is 0 Å². The molecule has 1 spiro atoms. The van der Waals surface area contributed by atoms with Crippen molar-refractivity contribution in [1.29, 1.82) is 0 Å². The van der Waals surface area contributed by atoms with Gasteiger partial charge < -0.3 is 16.0 Å². The molecule has 4 nitrogen and oxygen atoms in total. The van der Waals surface area contributed by atoms with Crippen LogP contribution in [0.4, 0.5) is 4.79 Å². The van der Waals surface area contributed by atoms with Gasteiger partial charge in [0.1, 0.15) is 0 Å². The zero-order chi connectivity index (χ0) is 7.73. The Morgan fingerprint density at radius 2 is 2.09 bits per heavy atom. The van der Waals surface area contributed by atoms with E-state index < -0.39 is 0 Å². The lowest BCUT2D eigenvalue weighted by Gasteiger charge is -2.33. The third-order valence-corrected chi connectivity index (χ3v) is 2.51. The topological polar surface area (TPSA) is 53.2 Å². The number of urea groups is 1. The molecule has 2 fully saturated rings. The van der Waals surface area contributed by atoms with Gasteiger partial charge in [0.05, 0.1) is 5.54 Å². The van der Waals surface area contributed by atoms with Gasteiger partial charge in [-0.25, -0.2) is 4.79 Å². The molecule has 2 heterocycles. The number of hydrogen-bond donors (Lipinski definition) is 3. The summed E-state index contributed by atoms with van der Waals surface area (Å²) in [5.74, 6) is 0. The van der Waals surface area contributed by atoms with Crippen molar-refractivity contribution in [3.63, 3.8) is 0 Å². The Bertz CT molecular complexity index is 175. The third kappa shape index (κ3) is 1.18. The molecule has 3 N–H and O–H groups in total. The van der Waals surface area contributed by atoms with Crippen LogP contribution in [0.25, 0.3) is 0 Å². The van der Waals surface area contributed by atoms with Crippen LogP contribution in [0.5, 0.6) is 0 Å². The van der Waals surface area contributed by atoms with E-state index in [9.17, 15) is 4.79 Å². The number of nitrogens with one attached hydrogen (secondary N) is 3. The summed E-state index contributed by atoms with van der Waals surface area (Å²) in [5, 5.41) is 9.00. The van der Waals surface area contributed by atoms with E-state index in [2.05, 4.69) is 16.0 Å². The highest BCUT2D eigenvalue weighted by atomic mass is 16.2. The zero-order valence-corrected chi connectivity index (χ0v) is 6.44. The Kier molecular flexibility index (Phi) is 1.49. The second-order valence-corrected chi connectivity index (χ2v) is 3.34. The van der Waals surface area contributed by atoms with Gasteiger partial charge in [0.15, 0.2) is 0 Å². The van der Waals surface area contributed by atoms with E-state index in [0.717, 1.165) is 32.5 Å². The molecule has 0 aromatic carbocycles. The highest BCUT2D eigenvalue weighted by Gasteiger charge is 2.37. The van der Waals surface area contributed by atoms with Crippen molar-refractivity contribution >= 4 is 6.03 Å². The predicted octanol–water partition coefficient (Wildman–Crippen LogP) is -0.579. The van der Waals surface area contributed by atoms with Crippen LogP contribution in [0.15, 0.2) is 0 Å². The van der Waals surface area contributed by atoms with Crippen LogP contribution in [0, 0.1) is 0 Å². The standard InChI is InChI=1S/C7H13N3O/c11-6-9-4-2-7(10-6)1-3-8-5-7/h8H,1-5H2,(H2,9,10,11)/t7-/m1/s1. The Morgan fingerprint density at radius 3 is 2.73 bits per heavy atom. The molecule has 0 aromatic heterocycles. The Morgan fingerprint density at radius 1 is 1.27 bits per heavy atom. The number of rotatable bonds is 0. The number of carbonyl (C=O) groups is 1. The maximum atomic E-state index is 11.0. The third-order valence-electron chi connectivity index (χ3n) is 2.51. The molecule has 0 radical (unpaired) electrons. The van der Waals surface area contributed by atoms with Crippen molar-refractivity contribution < 1.29 is 4.79 Å². The van der Waals surface area contributed by atoms with Crippen molar-refractivity contribution in [3.8, 4) is 0 Å². The van der Waals surface area contributed by atoms with Gasteiger partial charge in [-0.2, -0.15) is 0 Å². The fraction of sp³-hybridized carbons (Fsp3) is 0.857. The highest BCUT2D eigenvalue weighted by molar-refractivity contribution is 5.75. The minimum Gasteiger partial charge on any atom is -0.338 e.